The van der Waals surface area contributed by atoms with Gasteiger partial charge in [-0.15, -0.1) is 0 Å². The summed E-state index contributed by atoms with van der Waals surface area (Å²) in [4.78, 5) is 37.9. The standard InChI is InChI=1S/C13H19N3O4/c1-4-14-11(17)7-16-9(3)10(5-6-12(18)19)8(2)15-13(16)20/h4-7H2,1-3H3,(H,14,17)(H,18,19). The van der Waals surface area contributed by atoms with Crippen molar-refractivity contribution in [1.82, 2.24) is 14.9 Å². The van der Waals surface area contributed by atoms with Gasteiger partial charge in [0.2, 0.25) is 5.91 Å². The van der Waals surface area contributed by atoms with Crippen LogP contribution in [0.15, 0.2) is 4.79 Å². The van der Waals surface area contributed by atoms with E-state index in [4.69, 9.17) is 5.11 Å². The number of aliphatic carboxylic acids is 1. The SMILES string of the molecule is CCNC(=O)Cn1c(C)c(CCC(=O)O)c(C)nc1=O. The number of aromatic nitrogens is 2. The number of aryl methyl sites for hydroxylation is 1. The van der Waals surface area contributed by atoms with Crippen LogP contribution >= 0.6 is 0 Å². The average Bonchev–Trinajstić information content (AvgIpc) is 2.34. The molecule has 1 amide bonds. The molecule has 1 aromatic heterocycles. The number of carbonyl (C=O) groups is 2. The van der Waals surface area contributed by atoms with E-state index in [0.29, 0.717) is 23.5 Å². The molecule has 0 spiro atoms. The molecule has 7 heteroatoms. The molecular weight excluding hydrogens is 262 g/mol. The van der Waals surface area contributed by atoms with E-state index in [1.165, 1.54) is 4.57 Å². The molecule has 0 saturated carbocycles. The molecule has 0 saturated heterocycles. The van der Waals surface area contributed by atoms with Crippen LogP contribution in [0.5, 0.6) is 0 Å². The van der Waals surface area contributed by atoms with Gasteiger partial charge >= 0.3 is 11.7 Å². The van der Waals surface area contributed by atoms with Crippen LogP contribution < -0.4 is 11.0 Å². The molecule has 0 atom stereocenters. The molecule has 7 nitrogen and oxygen atoms in total. The monoisotopic (exact) mass is 281 g/mol. The van der Waals surface area contributed by atoms with Crippen molar-refractivity contribution >= 4 is 11.9 Å². The zero-order valence-electron chi connectivity index (χ0n) is 11.9. The van der Waals surface area contributed by atoms with Crippen LogP contribution in [0.25, 0.3) is 0 Å². The molecule has 0 fully saturated rings. The molecule has 2 N–H and O–H groups in total. The number of hydrogen-bond acceptors (Lipinski definition) is 4. The van der Waals surface area contributed by atoms with Crippen LogP contribution in [0.4, 0.5) is 0 Å². The number of nitrogens with one attached hydrogen (secondary N) is 1. The first kappa shape index (κ1) is 15.9. The maximum Gasteiger partial charge on any atom is 0.348 e. The Hall–Kier alpha value is -2.18. The quantitative estimate of drug-likeness (QED) is 0.765. The van der Waals surface area contributed by atoms with Gasteiger partial charge in [0, 0.05) is 24.4 Å². The van der Waals surface area contributed by atoms with E-state index in [-0.39, 0.29) is 25.3 Å². The van der Waals surface area contributed by atoms with Gasteiger partial charge < -0.3 is 10.4 Å². The zero-order valence-corrected chi connectivity index (χ0v) is 11.9. The Morgan fingerprint density at radius 2 is 2.00 bits per heavy atom. The van der Waals surface area contributed by atoms with E-state index < -0.39 is 11.7 Å². The van der Waals surface area contributed by atoms with Crippen molar-refractivity contribution in [3.05, 3.63) is 27.4 Å². The number of amides is 1. The van der Waals surface area contributed by atoms with Crippen molar-refractivity contribution in [2.45, 2.75) is 40.2 Å². The lowest BCUT2D eigenvalue weighted by molar-refractivity contribution is -0.137. The highest BCUT2D eigenvalue weighted by Gasteiger charge is 2.14. The summed E-state index contributed by atoms with van der Waals surface area (Å²) in [6.45, 7) is 5.54. The summed E-state index contributed by atoms with van der Waals surface area (Å²) in [5.41, 5.74) is 1.32. The maximum absolute atomic E-state index is 11.8. The number of nitrogens with zero attached hydrogens (tertiary/aromatic N) is 2. The maximum atomic E-state index is 11.8. The molecule has 0 aromatic carbocycles. The fraction of sp³-hybridized carbons (Fsp3) is 0.538. The van der Waals surface area contributed by atoms with Gasteiger partial charge in [-0.2, -0.15) is 4.98 Å². The van der Waals surface area contributed by atoms with Gasteiger partial charge in [-0.1, -0.05) is 0 Å². The molecule has 20 heavy (non-hydrogen) atoms. The van der Waals surface area contributed by atoms with Crippen LogP contribution in [0.3, 0.4) is 0 Å². The lowest BCUT2D eigenvalue weighted by Crippen LogP contribution is -2.35. The molecule has 0 bridgehead atoms. The van der Waals surface area contributed by atoms with E-state index in [1.807, 2.05) is 0 Å². The minimum absolute atomic E-state index is 0.0390. The summed E-state index contributed by atoms with van der Waals surface area (Å²) in [5.74, 6) is -1.18. The number of carboxylic acids is 1. The lowest BCUT2D eigenvalue weighted by atomic mass is 10.1. The normalized spacial score (nSPS) is 10.3. The van der Waals surface area contributed by atoms with Gasteiger partial charge in [-0.3, -0.25) is 14.2 Å². The van der Waals surface area contributed by atoms with Crippen molar-refractivity contribution in [2.75, 3.05) is 6.54 Å². The Bertz CT molecular complexity index is 578. The lowest BCUT2D eigenvalue weighted by Gasteiger charge is -2.14. The van der Waals surface area contributed by atoms with Gasteiger partial charge in [0.25, 0.3) is 0 Å². The summed E-state index contributed by atoms with van der Waals surface area (Å²) in [7, 11) is 0. The molecule has 0 unspecified atom stereocenters. The Kier molecular flexibility index (Phi) is 5.42. The van der Waals surface area contributed by atoms with Gasteiger partial charge in [0.05, 0.1) is 0 Å². The minimum atomic E-state index is -0.912. The van der Waals surface area contributed by atoms with Crippen LogP contribution in [0.1, 0.15) is 30.3 Å². The molecule has 0 aliphatic rings. The highest BCUT2D eigenvalue weighted by Crippen LogP contribution is 2.12. The van der Waals surface area contributed by atoms with Crippen molar-refractivity contribution in [3.63, 3.8) is 0 Å². The van der Waals surface area contributed by atoms with Crippen molar-refractivity contribution < 1.29 is 14.7 Å². The Morgan fingerprint density at radius 3 is 2.55 bits per heavy atom. The van der Waals surface area contributed by atoms with Crippen molar-refractivity contribution in [3.8, 4) is 0 Å². The summed E-state index contributed by atoms with van der Waals surface area (Å²) < 4.78 is 1.27. The summed E-state index contributed by atoms with van der Waals surface area (Å²) in [5, 5.41) is 11.4. The predicted octanol–water partition coefficient (Wildman–Crippen LogP) is 0.0134. The van der Waals surface area contributed by atoms with Crippen LogP contribution in [-0.4, -0.2) is 33.1 Å². The second kappa shape index (κ2) is 6.83. The van der Waals surface area contributed by atoms with Crippen LogP contribution in [0.2, 0.25) is 0 Å². The van der Waals surface area contributed by atoms with Gasteiger partial charge in [-0.25, -0.2) is 4.79 Å². The summed E-state index contributed by atoms with van der Waals surface area (Å²) >= 11 is 0. The van der Waals surface area contributed by atoms with Gasteiger partial charge in [-0.05, 0) is 32.8 Å². The fourth-order valence-corrected chi connectivity index (χ4v) is 2.02. The number of hydrogen-bond donors (Lipinski definition) is 2. The molecule has 1 rings (SSSR count). The number of carbonyl (C=O) groups excluding carboxylic acids is 1. The first-order valence-corrected chi connectivity index (χ1v) is 6.42. The number of carboxylic acid groups (broad SMARTS) is 1. The van der Waals surface area contributed by atoms with Gasteiger partial charge in [0.15, 0.2) is 0 Å². The summed E-state index contributed by atoms with van der Waals surface area (Å²) in [6.07, 6.45) is 0.248. The first-order valence-electron chi connectivity index (χ1n) is 6.42. The van der Waals surface area contributed by atoms with Crippen LogP contribution in [0, 0.1) is 13.8 Å². The highest BCUT2D eigenvalue weighted by molar-refractivity contribution is 5.75. The van der Waals surface area contributed by atoms with E-state index in [2.05, 4.69) is 10.3 Å². The first-order chi connectivity index (χ1) is 9.36. The number of likely N-dealkylation sites (N-methyl/N-ethyl adjacent to an activating group) is 1. The third-order valence-electron chi connectivity index (χ3n) is 3.04. The average molecular weight is 281 g/mol. The van der Waals surface area contributed by atoms with Gasteiger partial charge in [0.1, 0.15) is 6.54 Å². The van der Waals surface area contributed by atoms with Crippen molar-refractivity contribution in [1.29, 1.82) is 0 Å². The Morgan fingerprint density at radius 1 is 1.35 bits per heavy atom. The minimum Gasteiger partial charge on any atom is -0.481 e. The fourth-order valence-electron chi connectivity index (χ4n) is 2.02. The molecular formula is C13H19N3O4. The molecule has 0 aliphatic carbocycles. The topological polar surface area (TPSA) is 101 Å². The third kappa shape index (κ3) is 3.91. The predicted molar refractivity (Wildman–Crippen MR) is 72.6 cm³/mol. The van der Waals surface area contributed by atoms with Crippen molar-refractivity contribution in [2.24, 2.45) is 0 Å². The van der Waals surface area contributed by atoms with E-state index in [9.17, 15) is 14.4 Å². The Balaban J connectivity index is 3.11. The van der Waals surface area contributed by atoms with E-state index in [1.54, 1.807) is 20.8 Å². The highest BCUT2D eigenvalue weighted by atomic mass is 16.4. The zero-order chi connectivity index (χ0) is 15.3. The smallest absolute Gasteiger partial charge is 0.348 e. The molecule has 0 radical (unpaired) electrons. The van der Waals surface area contributed by atoms with E-state index >= 15 is 0 Å². The molecule has 0 aliphatic heterocycles. The molecule has 110 valence electrons. The molecule has 1 aromatic rings. The second-order valence-electron chi connectivity index (χ2n) is 4.48. The largest absolute Gasteiger partial charge is 0.481 e. The molecule has 1 heterocycles. The number of rotatable bonds is 6. The van der Waals surface area contributed by atoms with E-state index in [0.717, 1.165) is 0 Å². The Labute approximate surface area is 116 Å². The second-order valence-corrected chi connectivity index (χ2v) is 4.48. The summed E-state index contributed by atoms with van der Waals surface area (Å²) in [6, 6.07) is 0. The van der Waals surface area contributed by atoms with Crippen LogP contribution in [-0.2, 0) is 22.6 Å². The third-order valence-corrected chi connectivity index (χ3v) is 3.04.